The van der Waals surface area contributed by atoms with Gasteiger partial charge < -0.3 is 15.8 Å². The molecule has 1 amide bonds. The van der Waals surface area contributed by atoms with Gasteiger partial charge in [-0.2, -0.15) is 0 Å². The van der Waals surface area contributed by atoms with Crippen LogP contribution < -0.4 is 11.1 Å². The molecule has 1 saturated heterocycles. The topological polar surface area (TPSA) is 98.5 Å². The molecule has 1 fully saturated rings. The Morgan fingerprint density at radius 1 is 1.38 bits per heavy atom. The molecule has 0 aromatic heterocycles. The van der Waals surface area contributed by atoms with Crippen molar-refractivity contribution < 1.29 is 17.9 Å². The number of rotatable bonds is 4. The van der Waals surface area contributed by atoms with E-state index in [9.17, 15) is 13.2 Å². The highest BCUT2D eigenvalue weighted by Gasteiger charge is 2.24. The van der Waals surface area contributed by atoms with Crippen LogP contribution in [0.5, 0.6) is 0 Å². The maximum absolute atomic E-state index is 12.3. The number of hydrogen-bond acceptors (Lipinski definition) is 5. The lowest BCUT2D eigenvalue weighted by molar-refractivity contribution is -0.119. The van der Waals surface area contributed by atoms with Crippen LogP contribution in [0.25, 0.3) is 0 Å². The average Bonchev–Trinajstić information content (AvgIpc) is 2.41. The summed E-state index contributed by atoms with van der Waals surface area (Å²) >= 11 is 3.20. The standard InChI is InChI=1S/C13H17BrN2O4S/c14-9-1-2-11(15)12(7-9)21(18,19)8-13(17)16-10-3-5-20-6-4-10/h1-2,7,10H,3-6,8,15H2,(H,16,17). The fourth-order valence-corrected chi connectivity index (χ4v) is 3.97. The molecule has 2 rings (SSSR count). The third-order valence-corrected chi connectivity index (χ3v) is 5.38. The molecule has 0 atom stereocenters. The van der Waals surface area contributed by atoms with Crippen molar-refractivity contribution in [2.24, 2.45) is 0 Å². The Morgan fingerprint density at radius 3 is 2.71 bits per heavy atom. The van der Waals surface area contributed by atoms with Crippen LogP contribution in [0.4, 0.5) is 5.69 Å². The molecular weight excluding hydrogens is 360 g/mol. The van der Waals surface area contributed by atoms with Crippen LogP contribution in [0.15, 0.2) is 27.6 Å². The van der Waals surface area contributed by atoms with E-state index in [2.05, 4.69) is 21.2 Å². The molecular formula is C13H17BrN2O4S. The minimum atomic E-state index is -3.76. The van der Waals surface area contributed by atoms with Crippen LogP contribution in [0, 0.1) is 0 Å². The van der Waals surface area contributed by atoms with E-state index in [1.54, 1.807) is 6.07 Å². The monoisotopic (exact) mass is 376 g/mol. The third kappa shape index (κ3) is 4.42. The molecule has 1 aromatic rings. The highest BCUT2D eigenvalue weighted by molar-refractivity contribution is 9.10. The van der Waals surface area contributed by atoms with Crippen molar-refractivity contribution in [1.29, 1.82) is 0 Å². The summed E-state index contributed by atoms with van der Waals surface area (Å²) in [4.78, 5) is 11.9. The summed E-state index contributed by atoms with van der Waals surface area (Å²) in [5, 5.41) is 2.73. The number of ether oxygens (including phenoxy) is 1. The molecule has 0 bridgehead atoms. The van der Waals surface area contributed by atoms with Gasteiger partial charge in [0.2, 0.25) is 5.91 Å². The maximum atomic E-state index is 12.3. The molecule has 1 heterocycles. The van der Waals surface area contributed by atoms with E-state index in [4.69, 9.17) is 10.5 Å². The summed E-state index contributed by atoms with van der Waals surface area (Å²) in [6.07, 6.45) is 1.40. The minimum absolute atomic E-state index is 0.0266. The second kappa shape index (κ2) is 6.76. The molecule has 0 saturated carbocycles. The average molecular weight is 377 g/mol. The number of sulfone groups is 1. The van der Waals surface area contributed by atoms with Crippen LogP contribution in [-0.2, 0) is 19.4 Å². The molecule has 21 heavy (non-hydrogen) atoms. The Bertz CT molecular complexity index is 627. The molecule has 0 aliphatic carbocycles. The lowest BCUT2D eigenvalue weighted by atomic mass is 10.1. The van der Waals surface area contributed by atoms with Gasteiger partial charge in [-0.1, -0.05) is 15.9 Å². The highest BCUT2D eigenvalue weighted by Crippen LogP contribution is 2.24. The Balaban J connectivity index is 2.06. The fraction of sp³-hybridized carbons (Fsp3) is 0.462. The van der Waals surface area contributed by atoms with Crippen molar-refractivity contribution in [3.05, 3.63) is 22.7 Å². The number of anilines is 1. The maximum Gasteiger partial charge on any atom is 0.235 e. The van der Waals surface area contributed by atoms with E-state index < -0.39 is 21.5 Å². The van der Waals surface area contributed by atoms with E-state index in [0.717, 1.165) is 0 Å². The normalized spacial score (nSPS) is 16.6. The largest absolute Gasteiger partial charge is 0.398 e. The van der Waals surface area contributed by atoms with Gasteiger partial charge in [-0.15, -0.1) is 0 Å². The number of amides is 1. The van der Waals surface area contributed by atoms with Crippen LogP contribution >= 0.6 is 15.9 Å². The first-order valence-corrected chi connectivity index (χ1v) is 8.98. The summed E-state index contributed by atoms with van der Waals surface area (Å²) in [5.74, 6) is -1.12. The number of benzene rings is 1. The number of nitrogen functional groups attached to an aromatic ring is 1. The summed E-state index contributed by atoms with van der Waals surface area (Å²) in [7, 11) is -3.76. The van der Waals surface area contributed by atoms with E-state index >= 15 is 0 Å². The number of carbonyl (C=O) groups excluding carboxylic acids is 1. The molecule has 3 N–H and O–H groups in total. The predicted molar refractivity (Wildman–Crippen MR) is 82.6 cm³/mol. The molecule has 1 aromatic carbocycles. The van der Waals surface area contributed by atoms with Crippen LogP contribution in [0.2, 0.25) is 0 Å². The number of nitrogens with two attached hydrogens (primary N) is 1. The molecule has 0 radical (unpaired) electrons. The summed E-state index contributed by atoms with van der Waals surface area (Å²) < 4.78 is 30.3. The SMILES string of the molecule is Nc1ccc(Br)cc1S(=O)(=O)CC(=O)NC1CCOCC1. The summed E-state index contributed by atoms with van der Waals surface area (Å²) in [6.45, 7) is 1.16. The number of halogens is 1. The van der Waals surface area contributed by atoms with E-state index in [1.165, 1.54) is 12.1 Å². The predicted octanol–water partition coefficient (Wildman–Crippen LogP) is 1.10. The lowest BCUT2D eigenvalue weighted by Crippen LogP contribution is -2.41. The van der Waals surface area contributed by atoms with Gasteiger partial charge in [-0.3, -0.25) is 4.79 Å². The van der Waals surface area contributed by atoms with Gasteiger partial charge in [-0.05, 0) is 31.0 Å². The van der Waals surface area contributed by atoms with Crippen LogP contribution in [-0.4, -0.2) is 39.3 Å². The van der Waals surface area contributed by atoms with Gasteiger partial charge in [0.25, 0.3) is 0 Å². The number of nitrogens with one attached hydrogen (secondary N) is 1. The smallest absolute Gasteiger partial charge is 0.235 e. The van der Waals surface area contributed by atoms with E-state index in [-0.39, 0.29) is 16.6 Å². The summed E-state index contributed by atoms with van der Waals surface area (Å²) in [5.41, 5.74) is 5.82. The van der Waals surface area contributed by atoms with Crippen LogP contribution in [0.3, 0.4) is 0 Å². The first-order chi connectivity index (χ1) is 9.88. The van der Waals surface area contributed by atoms with Gasteiger partial charge >= 0.3 is 0 Å². The first-order valence-electron chi connectivity index (χ1n) is 6.53. The fourth-order valence-electron chi connectivity index (χ4n) is 2.14. The van der Waals surface area contributed by atoms with Gasteiger partial charge in [0.05, 0.1) is 10.6 Å². The molecule has 116 valence electrons. The molecule has 0 spiro atoms. The lowest BCUT2D eigenvalue weighted by Gasteiger charge is -2.23. The van der Waals surface area contributed by atoms with Crippen molar-refractivity contribution in [3.63, 3.8) is 0 Å². The zero-order chi connectivity index (χ0) is 15.5. The molecule has 0 unspecified atom stereocenters. The highest BCUT2D eigenvalue weighted by atomic mass is 79.9. The Morgan fingerprint density at radius 2 is 2.05 bits per heavy atom. The quantitative estimate of drug-likeness (QED) is 0.766. The zero-order valence-corrected chi connectivity index (χ0v) is 13.7. The summed E-state index contributed by atoms with van der Waals surface area (Å²) in [6, 6.07) is 4.53. The molecule has 6 nitrogen and oxygen atoms in total. The van der Waals surface area contributed by atoms with E-state index in [1.807, 2.05) is 0 Å². The molecule has 1 aliphatic rings. The Labute approximate surface area is 132 Å². The third-order valence-electron chi connectivity index (χ3n) is 3.22. The van der Waals surface area contributed by atoms with Gasteiger partial charge in [0, 0.05) is 23.7 Å². The van der Waals surface area contributed by atoms with E-state index in [0.29, 0.717) is 30.5 Å². The Hall–Kier alpha value is -1.12. The zero-order valence-electron chi connectivity index (χ0n) is 11.3. The second-order valence-corrected chi connectivity index (χ2v) is 7.77. The number of hydrogen-bond donors (Lipinski definition) is 2. The number of carbonyl (C=O) groups is 1. The minimum Gasteiger partial charge on any atom is -0.398 e. The van der Waals surface area contributed by atoms with Crippen LogP contribution in [0.1, 0.15) is 12.8 Å². The second-order valence-electron chi connectivity index (χ2n) is 4.90. The van der Waals surface area contributed by atoms with Crippen molar-refractivity contribution in [2.75, 3.05) is 24.7 Å². The first kappa shape index (κ1) is 16.3. The van der Waals surface area contributed by atoms with Gasteiger partial charge in [0.15, 0.2) is 9.84 Å². The van der Waals surface area contributed by atoms with Crippen molar-refractivity contribution >= 4 is 37.4 Å². The van der Waals surface area contributed by atoms with Crippen molar-refractivity contribution in [1.82, 2.24) is 5.32 Å². The molecule has 8 heteroatoms. The Kier molecular flexibility index (Phi) is 5.23. The van der Waals surface area contributed by atoms with Crippen molar-refractivity contribution in [2.45, 2.75) is 23.8 Å². The van der Waals surface area contributed by atoms with Crippen molar-refractivity contribution in [3.8, 4) is 0 Å². The van der Waals surface area contributed by atoms with Gasteiger partial charge in [0.1, 0.15) is 5.75 Å². The van der Waals surface area contributed by atoms with Gasteiger partial charge in [-0.25, -0.2) is 8.42 Å². The molecule has 1 aliphatic heterocycles.